The first kappa shape index (κ1) is 25.5. The van der Waals surface area contributed by atoms with Gasteiger partial charge in [-0.3, -0.25) is 9.59 Å². The Morgan fingerprint density at radius 2 is 1.60 bits per heavy atom. The number of rotatable bonds is 9. The molecule has 3 aromatic rings. The van der Waals surface area contributed by atoms with Crippen molar-refractivity contribution in [2.45, 2.75) is 57.2 Å². The Morgan fingerprint density at radius 1 is 0.914 bits per heavy atom. The first-order valence-corrected chi connectivity index (χ1v) is 13.3. The van der Waals surface area contributed by atoms with Gasteiger partial charge in [0, 0.05) is 28.5 Å². The molecule has 182 valence electrons. The Morgan fingerprint density at radius 3 is 2.29 bits per heavy atom. The van der Waals surface area contributed by atoms with Crippen molar-refractivity contribution in [1.29, 1.82) is 0 Å². The fourth-order valence-corrected chi connectivity index (χ4v) is 5.11. The van der Waals surface area contributed by atoms with Crippen molar-refractivity contribution >= 4 is 39.3 Å². The molecule has 1 saturated carbocycles. The Labute approximate surface area is 220 Å². The lowest BCUT2D eigenvalue weighted by molar-refractivity contribution is -0.141. The van der Waals surface area contributed by atoms with E-state index in [1.54, 1.807) is 11.0 Å². The molecule has 0 bridgehead atoms. The summed E-state index contributed by atoms with van der Waals surface area (Å²) in [5.41, 5.74) is 2.83. The number of halogens is 2. The first-order chi connectivity index (χ1) is 17.0. The minimum absolute atomic E-state index is 0.0858. The molecule has 0 aliphatic heterocycles. The minimum Gasteiger partial charge on any atom is -0.352 e. The highest BCUT2D eigenvalue weighted by Gasteiger charge is 2.32. The predicted octanol–water partition coefficient (Wildman–Crippen LogP) is 6.34. The molecule has 1 atom stereocenters. The normalized spacial score (nSPS) is 14.5. The molecule has 4 nitrogen and oxygen atoms in total. The van der Waals surface area contributed by atoms with Gasteiger partial charge in [-0.25, -0.2) is 0 Å². The van der Waals surface area contributed by atoms with Gasteiger partial charge in [0.1, 0.15) is 6.04 Å². The van der Waals surface area contributed by atoms with Crippen LogP contribution < -0.4 is 5.32 Å². The second kappa shape index (κ2) is 12.4. The van der Waals surface area contributed by atoms with Gasteiger partial charge in [0.2, 0.25) is 11.8 Å². The van der Waals surface area contributed by atoms with Crippen LogP contribution in [0.15, 0.2) is 83.3 Å². The van der Waals surface area contributed by atoms with Gasteiger partial charge in [-0.2, -0.15) is 0 Å². The molecular weight excluding hydrogens is 524 g/mol. The molecule has 3 aromatic carbocycles. The predicted molar refractivity (Wildman–Crippen MR) is 144 cm³/mol. The van der Waals surface area contributed by atoms with Crippen LogP contribution in [0.4, 0.5) is 0 Å². The molecule has 0 spiro atoms. The van der Waals surface area contributed by atoms with Gasteiger partial charge < -0.3 is 10.2 Å². The van der Waals surface area contributed by atoms with E-state index in [2.05, 4.69) is 21.2 Å². The number of hydrogen-bond donors (Lipinski definition) is 1. The van der Waals surface area contributed by atoms with E-state index >= 15 is 0 Å². The summed E-state index contributed by atoms with van der Waals surface area (Å²) in [4.78, 5) is 29.2. The van der Waals surface area contributed by atoms with Crippen molar-refractivity contribution in [2.24, 2.45) is 0 Å². The van der Waals surface area contributed by atoms with Crippen LogP contribution in [0.5, 0.6) is 0 Å². The summed E-state index contributed by atoms with van der Waals surface area (Å²) in [6.07, 6.45) is 4.88. The second-order valence-electron chi connectivity index (χ2n) is 9.15. The summed E-state index contributed by atoms with van der Waals surface area (Å²) < 4.78 is 0.970. The van der Waals surface area contributed by atoms with Crippen LogP contribution in [-0.2, 0) is 29.0 Å². The van der Waals surface area contributed by atoms with Gasteiger partial charge in [0.05, 0.1) is 6.42 Å². The molecule has 1 N–H and O–H groups in total. The van der Waals surface area contributed by atoms with Crippen molar-refractivity contribution in [3.8, 4) is 0 Å². The van der Waals surface area contributed by atoms with Gasteiger partial charge in [-0.15, -0.1) is 0 Å². The molecule has 0 aromatic heterocycles. The van der Waals surface area contributed by atoms with Gasteiger partial charge >= 0.3 is 0 Å². The van der Waals surface area contributed by atoms with Crippen molar-refractivity contribution in [2.75, 3.05) is 0 Å². The number of nitrogens with one attached hydrogen (secondary N) is 1. The third-order valence-corrected chi connectivity index (χ3v) is 7.25. The van der Waals surface area contributed by atoms with Crippen molar-refractivity contribution in [3.63, 3.8) is 0 Å². The van der Waals surface area contributed by atoms with Gasteiger partial charge in [-0.1, -0.05) is 95.0 Å². The van der Waals surface area contributed by atoms with Crippen LogP contribution in [0, 0.1) is 0 Å². The quantitative estimate of drug-likeness (QED) is 0.336. The maximum Gasteiger partial charge on any atom is 0.243 e. The van der Waals surface area contributed by atoms with Crippen molar-refractivity contribution < 1.29 is 9.59 Å². The average Bonchev–Trinajstić information content (AvgIpc) is 3.36. The summed E-state index contributed by atoms with van der Waals surface area (Å²) in [6.45, 7) is 0.349. The van der Waals surface area contributed by atoms with E-state index in [1.165, 1.54) is 0 Å². The van der Waals surface area contributed by atoms with Crippen molar-refractivity contribution in [3.05, 3.63) is 105 Å². The van der Waals surface area contributed by atoms with E-state index in [1.807, 2.05) is 72.8 Å². The van der Waals surface area contributed by atoms with Crippen LogP contribution in [0.25, 0.3) is 0 Å². The highest BCUT2D eigenvalue weighted by Crippen LogP contribution is 2.21. The zero-order chi connectivity index (χ0) is 24.6. The molecule has 0 unspecified atom stereocenters. The smallest absolute Gasteiger partial charge is 0.243 e. The maximum atomic E-state index is 13.8. The van der Waals surface area contributed by atoms with E-state index < -0.39 is 6.04 Å². The third-order valence-electron chi connectivity index (χ3n) is 6.48. The van der Waals surface area contributed by atoms with Crippen molar-refractivity contribution in [1.82, 2.24) is 10.2 Å². The number of benzene rings is 3. The summed E-state index contributed by atoms with van der Waals surface area (Å²) in [5, 5.41) is 3.83. The Balaban J connectivity index is 1.65. The molecule has 1 aliphatic rings. The van der Waals surface area contributed by atoms with Crippen LogP contribution in [0.2, 0.25) is 5.02 Å². The third kappa shape index (κ3) is 7.42. The Hall–Kier alpha value is -2.63. The standard InChI is InChI=1S/C29H30BrClN2O2/c30-24-15-13-22(14-16-24)20-33(28(34)19-23-9-6-10-25(31)17-23)27(18-21-7-2-1-3-8-21)29(35)32-26-11-4-5-12-26/h1-3,6-10,13-17,26-27H,4-5,11-12,18-20H2,(H,32,35)/t27-/m1/s1. The zero-order valence-electron chi connectivity index (χ0n) is 19.6. The van der Waals surface area contributed by atoms with Crippen LogP contribution in [-0.4, -0.2) is 28.8 Å². The summed E-state index contributed by atoms with van der Waals surface area (Å²) in [6, 6.07) is 24.7. The lowest BCUT2D eigenvalue weighted by Gasteiger charge is -2.32. The summed E-state index contributed by atoms with van der Waals surface area (Å²) in [5.74, 6) is -0.185. The largest absolute Gasteiger partial charge is 0.352 e. The highest BCUT2D eigenvalue weighted by atomic mass is 79.9. The fraction of sp³-hybridized carbons (Fsp3) is 0.310. The average molecular weight is 554 g/mol. The zero-order valence-corrected chi connectivity index (χ0v) is 22.0. The number of carbonyl (C=O) groups is 2. The summed E-state index contributed by atoms with van der Waals surface area (Å²) in [7, 11) is 0. The maximum absolute atomic E-state index is 13.8. The fourth-order valence-electron chi connectivity index (χ4n) is 4.63. The lowest BCUT2D eigenvalue weighted by atomic mass is 10.0. The van der Waals surface area contributed by atoms with E-state index in [0.717, 1.165) is 46.8 Å². The molecule has 6 heteroatoms. The lowest BCUT2D eigenvalue weighted by Crippen LogP contribution is -2.52. The Bertz CT molecular complexity index is 1130. The molecule has 2 amide bonds. The van der Waals surface area contributed by atoms with Gasteiger partial charge in [0.15, 0.2) is 0 Å². The molecule has 1 fully saturated rings. The van der Waals surface area contributed by atoms with Crippen LogP contribution in [0.1, 0.15) is 42.4 Å². The number of amides is 2. The molecule has 1 aliphatic carbocycles. The van der Waals surface area contributed by atoms with E-state index in [4.69, 9.17) is 11.6 Å². The van der Waals surface area contributed by atoms with E-state index in [9.17, 15) is 9.59 Å². The summed E-state index contributed by atoms with van der Waals surface area (Å²) >= 11 is 9.65. The molecule has 0 radical (unpaired) electrons. The minimum atomic E-state index is -0.617. The second-order valence-corrected chi connectivity index (χ2v) is 10.5. The number of hydrogen-bond acceptors (Lipinski definition) is 2. The molecular formula is C29H30BrClN2O2. The Kier molecular flexibility index (Phi) is 9.00. The van der Waals surface area contributed by atoms with Crippen LogP contribution >= 0.6 is 27.5 Å². The monoisotopic (exact) mass is 552 g/mol. The molecule has 35 heavy (non-hydrogen) atoms. The SMILES string of the molecule is O=C(NC1CCCC1)[C@@H](Cc1ccccc1)N(Cc1ccc(Br)cc1)C(=O)Cc1cccc(Cl)c1. The van der Waals surface area contributed by atoms with E-state index in [-0.39, 0.29) is 24.3 Å². The van der Waals surface area contributed by atoms with Crippen LogP contribution in [0.3, 0.4) is 0 Å². The highest BCUT2D eigenvalue weighted by molar-refractivity contribution is 9.10. The van der Waals surface area contributed by atoms with Gasteiger partial charge in [-0.05, 0) is 53.8 Å². The van der Waals surface area contributed by atoms with E-state index in [0.29, 0.717) is 18.0 Å². The van der Waals surface area contributed by atoms with Gasteiger partial charge in [0.25, 0.3) is 0 Å². The molecule has 0 saturated heterocycles. The molecule has 0 heterocycles. The number of carbonyl (C=O) groups excluding carboxylic acids is 2. The first-order valence-electron chi connectivity index (χ1n) is 12.1. The number of nitrogens with zero attached hydrogens (tertiary/aromatic N) is 1. The molecule has 4 rings (SSSR count). The topological polar surface area (TPSA) is 49.4 Å².